The van der Waals surface area contributed by atoms with Gasteiger partial charge < -0.3 is 14.8 Å². The van der Waals surface area contributed by atoms with E-state index in [9.17, 15) is 0 Å². The van der Waals surface area contributed by atoms with E-state index in [4.69, 9.17) is 9.47 Å². The lowest BCUT2D eigenvalue weighted by molar-refractivity contribution is 0.0555. The Labute approximate surface area is 123 Å². The number of benzene rings is 1. The highest BCUT2D eigenvalue weighted by Crippen LogP contribution is 2.31. The molecule has 2 saturated heterocycles. The Morgan fingerprint density at radius 1 is 1.25 bits per heavy atom. The molecule has 0 unspecified atom stereocenters. The van der Waals surface area contributed by atoms with Crippen molar-refractivity contribution >= 4 is 16.9 Å². The molecule has 108 valence electrons. The summed E-state index contributed by atoms with van der Waals surface area (Å²) in [7, 11) is 0. The van der Waals surface area contributed by atoms with E-state index in [1.165, 1.54) is 0 Å². The largest absolute Gasteiger partial charge is 0.492 e. The molecule has 1 N–H and O–H groups in total. The molecule has 2 heterocycles. The summed E-state index contributed by atoms with van der Waals surface area (Å²) < 4.78 is 11.1. The highest BCUT2D eigenvalue weighted by Gasteiger charge is 2.38. The number of hydrogen-bond donors (Lipinski definition) is 1. The third-order valence-corrected chi connectivity index (χ3v) is 4.87. The lowest BCUT2D eigenvalue weighted by Crippen LogP contribution is -2.48. The molecule has 0 atom stereocenters. The molecule has 0 bridgehead atoms. The first-order chi connectivity index (χ1) is 9.86. The second-order valence-corrected chi connectivity index (χ2v) is 6.12. The summed E-state index contributed by atoms with van der Waals surface area (Å²) in [5.74, 6) is 2.01. The molecule has 0 saturated carbocycles. The quantitative estimate of drug-likeness (QED) is 0.865. The molecule has 0 radical (unpaired) electrons. The van der Waals surface area contributed by atoms with E-state index < -0.39 is 0 Å². The zero-order chi connectivity index (χ0) is 13.7. The second kappa shape index (κ2) is 6.50. The number of ether oxygens (including phenoxy) is 2. The average molecular weight is 292 g/mol. The molecular weight excluding hydrogens is 272 g/mol. The van der Waals surface area contributed by atoms with Crippen LogP contribution in [-0.2, 0) is 4.74 Å². The minimum atomic E-state index is 0.224. The molecule has 0 aliphatic carbocycles. The van der Waals surface area contributed by atoms with E-state index >= 15 is 0 Å². The van der Waals surface area contributed by atoms with Gasteiger partial charge >= 0.3 is 0 Å². The van der Waals surface area contributed by atoms with Crippen molar-refractivity contribution in [3.05, 3.63) is 30.3 Å². The minimum Gasteiger partial charge on any atom is -0.492 e. The van der Waals surface area contributed by atoms with Crippen molar-refractivity contribution in [2.24, 2.45) is 4.99 Å². The molecule has 2 aliphatic heterocycles. The van der Waals surface area contributed by atoms with Crippen LogP contribution in [0.3, 0.4) is 0 Å². The Morgan fingerprint density at radius 2 is 2.05 bits per heavy atom. The van der Waals surface area contributed by atoms with Gasteiger partial charge in [0.25, 0.3) is 0 Å². The summed E-state index contributed by atoms with van der Waals surface area (Å²) in [5, 5.41) is 4.64. The van der Waals surface area contributed by atoms with Gasteiger partial charge in [0.2, 0.25) is 0 Å². The fourth-order valence-corrected chi connectivity index (χ4v) is 3.69. The Kier molecular flexibility index (Phi) is 4.47. The molecule has 1 spiro atoms. The number of rotatable bonds is 4. The Bertz CT molecular complexity index is 458. The van der Waals surface area contributed by atoms with Crippen LogP contribution in [-0.4, -0.2) is 42.8 Å². The topological polar surface area (TPSA) is 42.8 Å². The Hall–Kier alpha value is -1.20. The third-order valence-electron chi connectivity index (χ3n) is 3.67. The van der Waals surface area contributed by atoms with E-state index in [0.717, 1.165) is 42.7 Å². The molecule has 2 aliphatic rings. The maximum Gasteiger partial charge on any atom is 0.157 e. The summed E-state index contributed by atoms with van der Waals surface area (Å²) >= 11 is 1.82. The molecular formula is C15H20N2O2S. The molecule has 0 aromatic heterocycles. The Balaban J connectivity index is 1.44. The minimum absolute atomic E-state index is 0.224. The van der Waals surface area contributed by atoms with Gasteiger partial charge in [-0.15, -0.1) is 0 Å². The van der Waals surface area contributed by atoms with Crippen molar-refractivity contribution in [1.82, 2.24) is 5.32 Å². The van der Waals surface area contributed by atoms with Gasteiger partial charge in [0, 0.05) is 19.0 Å². The van der Waals surface area contributed by atoms with Crippen LogP contribution in [0.2, 0.25) is 0 Å². The number of hydrogen-bond acceptors (Lipinski definition) is 4. The van der Waals surface area contributed by atoms with Crippen LogP contribution in [0.4, 0.5) is 0 Å². The van der Waals surface area contributed by atoms with Crippen molar-refractivity contribution in [2.45, 2.75) is 18.4 Å². The van der Waals surface area contributed by atoms with E-state index in [-0.39, 0.29) is 5.54 Å². The molecule has 2 fully saturated rings. The van der Waals surface area contributed by atoms with Gasteiger partial charge in [-0.2, -0.15) is 0 Å². The number of thioether (sulfide) groups is 1. The lowest BCUT2D eigenvalue weighted by atomic mass is 9.93. The van der Waals surface area contributed by atoms with Gasteiger partial charge in [0.15, 0.2) is 5.17 Å². The van der Waals surface area contributed by atoms with E-state index in [1.54, 1.807) is 0 Å². The predicted molar refractivity (Wildman–Crippen MR) is 82.6 cm³/mol. The van der Waals surface area contributed by atoms with Gasteiger partial charge in [-0.25, -0.2) is 0 Å². The summed E-state index contributed by atoms with van der Waals surface area (Å²) in [6, 6.07) is 9.87. The second-order valence-electron chi connectivity index (χ2n) is 5.15. The van der Waals surface area contributed by atoms with E-state index in [2.05, 4.69) is 10.3 Å². The number of para-hydroxylation sites is 1. The zero-order valence-electron chi connectivity index (χ0n) is 11.5. The molecule has 4 nitrogen and oxygen atoms in total. The van der Waals surface area contributed by atoms with Gasteiger partial charge in [-0.3, -0.25) is 4.99 Å². The highest BCUT2D eigenvalue weighted by atomic mass is 32.2. The lowest BCUT2D eigenvalue weighted by Gasteiger charge is -2.32. The number of nitrogens with zero attached hydrogens (tertiary/aromatic N) is 1. The van der Waals surface area contributed by atoms with E-state index in [1.807, 2.05) is 42.1 Å². The summed E-state index contributed by atoms with van der Waals surface area (Å²) in [6.07, 6.45) is 2.17. The van der Waals surface area contributed by atoms with Crippen LogP contribution in [0.15, 0.2) is 35.3 Å². The summed E-state index contributed by atoms with van der Waals surface area (Å²) in [5.41, 5.74) is 0.224. The van der Waals surface area contributed by atoms with Crippen molar-refractivity contribution in [1.29, 1.82) is 0 Å². The van der Waals surface area contributed by atoms with Crippen LogP contribution in [0.1, 0.15) is 12.8 Å². The van der Waals surface area contributed by atoms with Gasteiger partial charge in [0.1, 0.15) is 12.4 Å². The maximum absolute atomic E-state index is 5.64. The number of amidine groups is 1. The zero-order valence-corrected chi connectivity index (χ0v) is 12.3. The molecule has 3 rings (SSSR count). The van der Waals surface area contributed by atoms with E-state index in [0.29, 0.717) is 13.2 Å². The van der Waals surface area contributed by atoms with Crippen LogP contribution in [0.5, 0.6) is 5.75 Å². The smallest absolute Gasteiger partial charge is 0.157 e. The van der Waals surface area contributed by atoms with Crippen LogP contribution >= 0.6 is 11.8 Å². The fourth-order valence-electron chi connectivity index (χ4n) is 2.45. The third kappa shape index (κ3) is 3.46. The summed E-state index contributed by atoms with van der Waals surface area (Å²) in [4.78, 5) is 4.59. The molecule has 5 heteroatoms. The van der Waals surface area contributed by atoms with Crippen LogP contribution in [0.25, 0.3) is 0 Å². The van der Waals surface area contributed by atoms with Crippen molar-refractivity contribution in [3.63, 3.8) is 0 Å². The molecule has 20 heavy (non-hydrogen) atoms. The van der Waals surface area contributed by atoms with Gasteiger partial charge in [-0.05, 0) is 25.0 Å². The summed E-state index contributed by atoms with van der Waals surface area (Å²) in [6.45, 7) is 3.03. The van der Waals surface area contributed by atoms with Crippen LogP contribution in [0, 0.1) is 0 Å². The van der Waals surface area contributed by atoms with Crippen molar-refractivity contribution in [3.8, 4) is 5.75 Å². The highest BCUT2D eigenvalue weighted by molar-refractivity contribution is 8.14. The monoisotopic (exact) mass is 292 g/mol. The van der Waals surface area contributed by atoms with Gasteiger partial charge in [-0.1, -0.05) is 30.0 Å². The predicted octanol–water partition coefficient (Wildman–Crippen LogP) is 2.31. The number of nitrogens with one attached hydrogen (secondary N) is 1. The first kappa shape index (κ1) is 13.8. The SMILES string of the molecule is c1ccc(OCCN=C2NC3(CCOCC3)CS2)cc1. The molecule has 1 aromatic rings. The average Bonchev–Trinajstić information content (AvgIpc) is 2.88. The van der Waals surface area contributed by atoms with Crippen LogP contribution < -0.4 is 10.1 Å². The normalized spacial score (nSPS) is 22.9. The maximum atomic E-state index is 5.64. The molecule has 1 aromatic carbocycles. The fraction of sp³-hybridized carbons (Fsp3) is 0.533. The molecule has 0 amide bonds. The first-order valence-corrected chi connectivity index (χ1v) is 8.06. The number of aliphatic imine (C=N–C) groups is 1. The Morgan fingerprint density at radius 3 is 2.85 bits per heavy atom. The van der Waals surface area contributed by atoms with Crippen molar-refractivity contribution < 1.29 is 9.47 Å². The van der Waals surface area contributed by atoms with Crippen molar-refractivity contribution in [2.75, 3.05) is 32.1 Å². The van der Waals surface area contributed by atoms with Gasteiger partial charge in [0.05, 0.1) is 12.1 Å². The standard InChI is InChI=1S/C15H20N2O2S/c1-2-4-13(5-3-1)19-11-8-16-14-17-15(12-20-14)6-9-18-10-7-15/h1-5H,6-12H2,(H,16,17). The first-order valence-electron chi connectivity index (χ1n) is 7.07.